The van der Waals surface area contributed by atoms with Crippen molar-refractivity contribution in [2.24, 2.45) is 0 Å². The molecule has 158 valence electrons. The number of rotatable bonds is 6. The van der Waals surface area contributed by atoms with Crippen molar-refractivity contribution in [2.75, 3.05) is 5.75 Å². The van der Waals surface area contributed by atoms with Gasteiger partial charge in [-0.25, -0.2) is 0 Å². The van der Waals surface area contributed by atoms with E-state index in [-0.39, 0.29) is 11.2 Å². The molecule has 0 bridgehead atoms. The highest BCUT2D eigenvalue weighted by atomic mass is 32.2. The van der Waals surface area contributed by atoms with Crippen LogP contribution in [-0.4, -0.2) is 26.3 Å². The van der Waals surface area contributed by atoms with E-state index in [0.717, 1.165) is 39.4 Å². The van der Waals surface area contributed by atoms with Crippen LogP contribution in [0.2, 0.25) is 0 Å². The van der Waals surface area contributed by atoms with Crippen molar-refractivity contribution in [1.82, 2.24) is 14.8 Å². The summed E-state index contributed by atoms with van der Waals surface area (Å²) >= 11 is 1.44. The van der Waals surface area contributed by atoms with Crippen LogP contribution in [0.15, 0.2) is 71.9 Å². The van der Waals surface area contributed by atoms with Crippen molar-refractivity contribution < 1.29 is 4.79 Å². The number of hydrogen-bond acceptors (Lipinski definition) is 4. The molecule has 0 aliphatic rings. The first-order valence-electron chi connectivity index (χ1n) is 10.6. The standard InChI is InChI=1S/C26H27N3OS/c1-5-29-24(19-12-14-22(15-13-19)26(2,3)4)27-28-25(29)31-17-23(30)21-11-10-18-8-6-7-9-20(18)16-21/h6-16H,5,17H2,1-4H3. The van der Waals surface area contributed by atoms with E-state index in [1.807, 2.05) is 36.4 Å². The largest absolute Gasteiger partial charge is 0.302 e. The van der Waals surface area contributed by atoms with Gasteiger partial charge in [0, 0.05) is 17.7 Å². The summed E-state index contributed by atoms with van der Waals surface area (Å²) in [5.41, 5.74) is 3.16. The zero-order valence-corrected chi connectivity index (χ0v) is 19.2. The Labute approximate surface area is 187 Å². The smallest absolute Gasteiger partial charge is 0.191 e. The number of fused-ring (bicyclic) bond motifs is 1. The van der Waals surface area contributed by atoms with Gasteiger partial charge in [0.05, 0.1) is 5.75 Å². The highest BCUT2D eigenvalue weighted by Crippen LogP contribution is 2.28. The lowest BCUT2D eigenvalue weighted by Gasteiger charge is -2.19. The molecule has 0 aliphatic carbocycles. The van der Waals surface area contributed by atoms with Gasteiger partial charge in [0.1, 0.15) is 0 Å². The Morgan fingerprint density at radius 1 is 0.935 bits per heavy atom. The number of Topliss-reactive ketones (excluding diaryl/α,β-unsaturated/α-hetero) is 1. The molecule has 0 amide bonds. The first-order valence-corrected chi connectivity index (χ1v) is 11.5. The van der Waals surface area contributed by atoms with Crippen LogP contribution in [0.4, 0.5) is 0 Å². The molecular formula is C26H27N3OS. The average molecular weight is 430 g/mol. The van der Waals surface area contributed by atoms with Crippen LogP contribution in [-0.2, 0) is 12.0 Å². The maximum Gasteiger partial charge on any atom is 0.191 e. The topological polar surface area (TPSA) is 47.8 Å². The van der Waals surface area contributed by atoms with Crippen LogP contribution in [0.25, 0.3) is 22.2 Å². The van der Waals surface area contributed by atoms with Gasteiger partial charge in [-0.3, -0.25) is 4.79 Å². The Kier molecular flexibility index (Phi) is 5.96. The number of carbonyl (C=O) groups excluding carboxylic acids is 1. The van der Waals surface area contributed by atoms with Gasteiger partial charge < -0.3 is 4.57 Å². The molecule has 4 rings (SSSR count). The second kappa shape index (κ2) is 8.67. The third-order valence-corrected chi connectivity index (χ3v) is 6.41. The monoisotopic (exact) mass is 429 g/mol. The van der Waals surface area contributed by atoms with E-state index in [1.54, 1.807) is 0 Å². The number of hydrogen-bond donors (Lipinski definition) is 0. The molecule has 1 aromatic heterocycles. The molecule has 0 aliphatic heterocycles. The minimum atomic E-state index is 0.0949. The molecule has 0 N–H and O–H groups in total. The van der Waals surface area contributed by atoms with E-state index in [1.165, 1.54) is 17.3 Å². The number of thioether (sulfide) groups is 1. The number of benzene rings is 3. The van der Waals surface area contributed by atoms with Crippen LogP contribution in [0.1, 0.15) is 43.6 Å². The molecule has 4 aromatic rings. The molecule has 0 saturated heterocycles. The van der Waals surface area contributed by atoms with Crippen molar-refractivity contribution in [3.8, 4) is 11.4 Å². The van der Waals surface area contributed by atoms with E-state index in [4.69, 9.17) is 0 Å². The third-order valence-electron chi connectivity index (χ3n) is 5.45. The quantitative estimate of drug-likeness (QED) is 0.263. The minimum absolute atomic E-state index is 0.0949. The lowest BCUT2D eigenvalue weighted by molar-refractivity contribution is 0.102. The maximum absolute atomic E-state index is 12.8. The van der Waals surface area contributed by atoms with Gasteiger partial charge in [-0.15, -0.1) is 10.2 Å². The van der Waals surface area contributed by atoms with Gasteiger partial charge in [0.15, 0.2) is 16.8 Å². The Morgan fingerprint density at radius 2 is 1.65 bits per heavy atom. The molecule has 1 heterocycles. The van der Waals surface area contributed by atoms with Gasteiger partial charge in [-0.2, -0.15) is 0 Å². The fourth-order valence-corrected chi connectivity index (χ4v) is 4.49. The van der Waals surface area contributed by atoms with Crippen molar-refractivity contribution in [3.63, 3.8) is 0 Å². The summed E-state index contributed by atoms with van der Waals surface area (Å²) in [6.07, 6.45) is 0. The molecule has 0 fully saturated rings. The van der Waals surface area contributed by atoms with Gasteiger partial charge in [-0.1, -0.05) is 93.2 Å². The Hall–Kier alpha value is -2.92. The van der Waals surface area contributed by atoms with Crippen LogP contribution in [0.3, 0.4) is 0 Å². The average Bonchev–Trinajstić information content (AvgIpc) is 3.19. The molecule has 0 spiro atoms. The lowest BCUT2D eigenvalue weighted by Crippen LogP contribution is -2.10. The van der Waals surface area contributed by atoms with Gasteiger partial charge >= 0.3 is 0 Å². The van der Waals surface area contributed by atoms with Crippen molar-refractivity contribution in [1.29, 1.82) is 0 Å². The number of ketones is 1. The minimum Gasteiger partial charge on any atom is -0.302 e. The molecule has 0 radical (unpaired) electrons. The Bertz CT molecular complexity index is 1220. The molecule has 4 nitrogen and oxygen atoms in total. The highest BCUT2D eigenvalue weighted by Gasteiger charge is 2.17. The van der Waals surface area contributed by atoms with E-state index in [2.05, 4.69) is 72.8 Å². The molecule has 31 heavy (non-hydrogen) atoms. The fraction of sp³-hybridized carbons (Fsp3) is 0.269. The Morgan fingerprint density at radius 3 is 2.32 bits per heavy atom. The van der Waals surface area contributed by atoms with Crippen LogP contribution in [0, 0.1) is 0 Å². The second-order valence-corrected chi connectivity index (χ2v) is 9.59. The summed E-state index contributed by atoms with van der Waals surface area (Å²) in [4.78, 5) is 12.8. The number of carbonyl (C=O) groups is 1. The zero-order valence-electron chi connectivity index (χ0n) is 18.4. The molecule has 0 atom stereocenters. The molecule has 5 heteroatoms. The molecule has 0 unspecified atom stereocenters. The zero-order chi connectivity index (χ0) is 22.0. The van der Waals surface area contributed by atoms with E-state index in [9.17, 15) is 4.79 Å². The summed E-state index contributed by atoms with van der Waals surface area (Å²) in [7, 11) is 0. The van der Waals surface area contributed by atoms with Gasteiger partial charge in [0.2, 0.25) is 0 Å². The first-order chi connectivity index (χ1) is 14.9. The van der Waals surface area contributed by atoms with E-state index >= 15 is 0 Å². The summed E-state index contributed by atoms with van der Waals surface area (Å²) in [5, 5.41) is 11.8. The SMILES string of the molecule is CCn1c(SCC(=O)c2ccc3ccccc3c2)nnc1-c1ccc(C(C)(C)C)cc1. The highest BCUT2D eigenvalue weighted by molar-refractivity contribution is 7.99. The van der Waals surface area contributed by atoms with Crippen molar-refractivity contribution >= 4 is 28.3 Å². The van der Waals surface area contributed by atoms with Gasteiger partial charge in [0.25, 0.3) is 0 Å². The van der Waals surface area contributed by atoms with Crippen LogP contribution < -0.4 is 0 Å². The predicted molar refractivity (Wildman–Crippen MR) is 129 cm³/mol. The molecule has 0 saturated carbocycles. The third kappa shape index (κ3) is 4.57. The second-order valence-electron chi connectivity index (χ2n) is 8.65. The normalized spacial score (nSPS) is 11.7. The predicted octanol–water partition coefficient (Wildman–Crippen LogP) is 6.39. The van der Waals surface area contributed by atoms with Crippen LogP contribution in [0.5, 0.6) is 0 Å². The Balaban J connectivity index is 1.51. The summed E-state index contributed by atoms with van der Waals surface area (Å²) in [5.74, 6) is 1.26. The first kappa shape index (κ1) is 21.3. The summed E-state index contributed by atoms with van der Waals surface area (Å²) in [6, 6.07) is 22.5. The maximum atomic E-state index is 12.8. The summed E-state index contributed by atoms with van der Waals surface area (Å²) in [6.45, 7) is 9.44. The van der Waals surface area contributed by atoms with Crippen molar-refractivity contribution in [3.05, 3.63) is 77.9 Å². The fourth-order valence-electron chi connectivity index (χ4n) is 3.59. The molecule has 3 aromatic carbocycles. The number of aromatic nitrogens is 3. The summed E-state index contributed by atoms with van der Waals surface area (Å²) < 4.78 is 2.07. The van der Waals surface area contributed by atoms with Crippen molar-refractivity contribution in [2.45, 2.75) is 44.8 Å². The molecular weight excluding hydrogens is 402 g/mol. The van der Waals surface area contributed by atoms with Gasteiger partial charge in [-0.05, 0) is 34.7 Å². The van der Waals surface area contributed by atoms with E-state index in [0.29, 0.717) is 5.75 Å². The number of nitrogens with zero attached hydrogens (tertiary/aromatic N) is 3. The lowest BCUT2D eigenvalue weighted by atomic mass is 9.87. The van der Waals surface area contributed by atoms with Crippen LogP contribution >= 0.6 is 11.8 Å². The van der Waals surface area contributed by atoms with E-state index < -0.39 is 0 Å².